The Morgan fingerprint density at radius 3 is 2.65 bits per heavy atom. The van der Waals surface area contributed by atoms with Crippen molar-refractivity contribution in [3.8, 4) is 17.2 Å². The molecule has 4 rings (SSSR count). The summed E-state index contributed by atoms with van der Waals surface area (Å²) in [4.78, 5) is 14.8. The van der Waals surface area contributed by atoms with Gasteiger partial charge in [0.25, 0.3) is 5.91 Å². The summed E-state index contributed by atoms with van der Waals surface area (Å²) in [5.41, 5.74) is 4.60. The van der Waals surface area contributed by atoms with Gasteiger partial charge < -0.3 is 23.8 Å². The van der Waals surface area contributed by atoms with Crippen LogP contribution >= 0.6 is 0 Å². The van der Waals surface area contributed by atoms with Crippen LogP contribution in [0.25, 0.3) is 0 Å². The molecule has 0 atom stereocenters. The maximum absolute atomic E-state index is 13.1. The van der Waals surface area contributed by atoms with Crippen molar-refractivity contribution in [3.63, 3.8) is 0 Å². The van der Waals surface area contributed by atoms with Gasteiger partial charge in [-0.3, -0.25) is 4.79 Å². The van der Waals surface area contributed by atoms with Crippen LogP contribution in [-0.2, 0) is 22.5 Å². The molecule has 1 aliphatic rings. The number of methoxy groups -OCH3 is 1. The van der Waals surface area contributed by atoms with Crippen molar-refractivity contribution < 1.29 is 23.7 Å². The molecule has 3 aromatic carbocycles. The summed E-state index contributed by atoms with van der Waals surface area (Å²) in [6, 6.07) is 21.9. The predicted molar refractivity (Wildman–Crippen MR) is 131 cm³/mol. The molecular formula is C28H31NO5. The summed E-state index contributed by atoms with van der Waals surface area (Å²) in [5.74, 6) is 2.08. The number of nitrogens with zero attached hydrogens (tertiary/aromatic N) is 1. The summed E-state index contributed by atoms with van der Waals surface area (Å²) in [6.07, 6.45) is 0.763. The first-order valence-corrected chi connectivity index (χ1v) is 11.5. The fourth-order valence-corrected chi connectivity index (χ4v) is 3.97. The van der Waals surface area contributed by atoms with Crippen molar-refractivity contribution in [3.05, 3.63) is 89.0 Å². The molecule has 0 aromatic heterocycles. The minimum Gasteiger partial charge on any atom is -0.497 e. The van der Waals surface area contributed by atoms with Crippen molar-refractivity contribution in [2.24, 2.45) is 0 Å². The molecule has 2 bridgehead atoms. The van der Waals surface area contributed by atoms with Crippen LogP contribution in [0, 0.1) is 6.92 Å². The molecule has 34 heavy (non-hydrogen) atoms. The Morgan fingerprint density at radius 2 is 1.76 bits per heavy atom. The van der Waals surface area contributed by atoms with Gasteiger partial charge >= 0.3 is 0 Å². The molecule has 0 spiro atoms. The number of aryl methyl sites for hydroxylation is 1. The Labute approximate surface area is 201 Å². The van der Waals surface area contributed by atoms with Gasteiger partial charge in [-0.25, -0.2) is 0 Å². The Balaban J connectivity index is 1.50. The van der Waals surface area contributed by atoms with Gasteiger partial charge in [0.2, 0.25) is 0 Å². The third-order valence-electron chi connectivity index (χ3n) is 5.72. The first kappa shape index (κ1) is 23.6. The van der Waals surface area contributed by atoms with Crippen LogP contribution in [0.5, 0.6) is 17.2 Å². The van der Waals surface area contributed by atoms with Crippen LogP contribution in [0.1, 0.15) is 22.3 Å². The average Bonchev–Trinajstić information content (AvgIpc) is 2.85. The first-order valence-electron chi connectivity index (χ1n) is 11.5. The van der Waals surface area contributed by atoms with E-state index in [-0.39, 0.29) is 12.5 Å². The quantitative estimate of drug-likeness (QED) is 0.576. The average molecular weight is 462 g/mol. The van der Waals surface area contributed by atoms with E-state index in [0.29, 0.717) is 44.4 Å². The van der Waals surface area contributed by atoms with Crippen molar-refractivity contribution in [2.45, 2.75) is 19.9 Å². The third kappa shape index (κ3) is 6.51. The summed E-state index contributed by atoms with van der Waals surface area (Å²) >= 11 is 0. The van der Waals surface area contributed by atoms with E-state index in [1.54, 1.807) is 18.1 Å². The molecule has 6 heteroatoms. The van der Waals surface area contributed by atoms with Crippen molar-refractivity contribution in [2.75, 3.05) is 40.1 Å². The second-order valence-corrected chi connectivity index (χ2v) is 8.35. The number of fused-ring (bicyclic) bond motifs is 3. The van der Waals surface area contributed by atoms with Crippen molar-refractivity contribution in [1.82, 2.24) is 4.90 Å². The van der Waals surface area contributed by atoms with E-state index in [1.807, 2.05) is 36.4 Å². The van der Waals surface area contributed by atoms with E-state index in [4.69, 9.17) is 18.9 Å². The van der Waals surface area contributed by atoms with Gasteiger partial charge in [-0.1, -0.05) is 48.0 Å². The molecule has 1 amide bonds. The first-order chi connectivity index (χ1) is 16.6. The molecule has 0 unspecified atom stereocenters. The monoisotopic (exact) mass is 461 g/mol. The fraction of sp³-hybridized carbons (Fsp3) is 0.321. The van der Waals surface area contributed by atoms with E-state index < -0.39 is 0 Å². The standard InChI is InChI=1S/C28H31NO5/c1-21-9-10-27-24(15-21)17-22-5-3-6-23(16-22)19-29(11-12-32-13-14-33-27)28(30)20-34-26-8-4-7-25(18-26)31-2/h3-10,15-16,18H,11-14,17,19-20H2,1-2H3. The van der Waals surface area contributed by atoms with Crippen molar-refractivity contribution in [1.29, 1.82) is 0 Å². The van der Waals surface area contributed by atoms with Gasteiger partial charge in [-0.05, 0) is 41.8 Å². The number of rotatable bonds is 4. The maximum Gasteiger partial charge on any atom is 0.260 e. The minimum atomic E-state index is -0.0962. The lowest BCUT2D eigenvalue weighted by molar-refractivity contribution is -0.134. The zero-order valence-electron chi connectivity index (χ0n) is 19.8. The van der Waals surface area contributed by atoms with Crippen LogP contribution in [0.15, 0.2) is 66.7 Å². The Bertz CT molecular complexity index is 1110. The highest BCUT2D eigenvalue weighted by Gasteiger charge is 2.16. The molecule has 1 aliphatic heterocycles. The SMILES string of the molecule is COc1cccc(OCC(=O)N2CCOCCOc3ccc(C)cc3Cc3cccc(c3)C2)c1. The Morgan fingerprint density at radius 1 is 0.941 bits per heavy atom. The smallest absolute Gasteiger partial charge is 0.260 e. The van der Waals surface area contributed by atoms with Gasteiger partial charge in [0.15, 0.2) is 6.61 Å². The van der Waals surface area contributed by atoms with E-state index in [9.17, 15) is 4.79 Å². The third-order valence-corrected chi connectivity index (χ3v) is 5.72. The molecular weight excluding hydrogens is 430 g/mol. The summed E-state index contributed by atoms with van der Waals surface area (Å²) < 4.78 is 22.7. The van der Waals surface area contributed by atoms with Crippen LogP contribution in [0.4, 0.5) is 0 Å². The van der Waals surface area contributed by atoms with E-state index in [2.05, 4.69) is 31.2 Å². The van der Waals surface area contributed by atoms with Gasteiger partial charge in [-0.2, -0.15) is 0 Å². The number of benzene rings is 3. The fourth-order valence-electron chi connectivity index (χ4n) is 3.97. The highest BCUT2D eigenvalue weighted by molar-refractivity contribution is 5.77. The van der Waals surface area contributed by atoms with Crippen LogP contribution in [-0.4, -0.2) is 50.9 Å². The molecule has 0 fully saturated rings. The zero-order valence-corrected chi connectivity index (χ0v) is 19.8. The molecule has 1 heterocycles. The number of hydrogen-bond acceptors (Lipinski definition) is 5. The number of carbonyl (C=O) groups excluding carboxylic acids is 1. The maximum atomic E-state index is 13.1. The van der Waals surface area contributed by atoms with Crippen molar-refractivity contribution >= 4 is 5.91 Å². The summed E-state index contributed by atoms with van der Waals surface area (Å²) in [7, 11) is 1.60. The molecule has 0 radical (unpaired) electrons. The predicted octanol–water partition coefficient (Wildman–Crippen LogP) is 4.41. The van der Waals surface area contributed by atoms with E-state index in [1.165, 1.54) is 11.1 Å². The zero-order chi connectivity index (χ0) is 23.8. The van der Waals surface area contributed by atoms with E-state index in [0.717, 1.165) is 23.3 Å². The van der Waals surface area contributed by atoms with E-state index >= 15 is 0 Å². The van der Waals surface area contributed by atoms with Crippen LogP contribution in [0.2, 0.25) is 0 Å². The molecule has 0 saturated heterocycles. The largest absolute Gasteiger partial charge is 0.497 e. The van der Waals surface area contributed by atoms with Crippen LogP contribution < -0.4 is 14.2 Å². The second kappa shape index (κ2) is 11.6. The Hall–Kier alpha value is -3.51. The second-order valence-electron chi connectivity index (χ2n) is 8.35. The summed E-state index contributed by atoms with van der Waals surface area (Å²) in [6.45, 7) is 4.35. The highest BCUT2D eigenvalue weighted by Crippen LogP contribution is 2.24. The molecule has 6 nitrogen and oxygen atoms in total. The molecule has 178 valence electrons. The van der Waals surface area contributed by atoms with Gasteiger partial charge in [0.05, 0.1) is 20.3 Å². The molecule has 0 N–H and O–H groups in total. The van der Waals surface area contributed by atoms with Crippen LogP contribution in [0.3, 0.4) is 0 Å². The number of amides is 1. The minimum absolute atomic E-state index is 0.0530. The lowest BCUT2D eigenvalue weighted by Crippen LogP contribution is -2.37. The number of hydrogen-bond donors (Lipinski definition) is 0. The Kier molecular flexibility index (Phi) is 8.04. The lowest BCUT2D eigenvalue weighted by atomic mass is 10.0. The topological polar surface area (TPSA) is 57.2 Å². The highest BCUT2D eigenvalue weighted by atomic mass is 16.5. The number of ether oxygens (including phenoxy) is 4. The number of carbonyl (C=O) groups is 1. The molecule has 3 aromatic rings. The molecule has 0 saturated carbocycles. The molecule has 0 aliphatic carbocycles. The normalized spacial score (nSPS) is 14.4. The summed E-state index contributed by atoms with van der Waals surface area (Å²) in [5, 5.41) is 0. The van der Waals surface area contributed by atoms with Gasteiger partial charge in [0, 0.05) is 25.6 Å². The van der Waals surface area contributed by atoms with Gasteiger partial charge in [-0.15, -0.1) is 0 Å². The van der Waals surface area contributed by atoms with Gasteiger partial charge in [0.1, 0.15) is 23.9 Å². The lowest BCUT2D eigenvalue weighted by Gasteiger charge is -2.24.